The second-order valence-electron chi connectivity index (χ2n) is 3.90. The zero-order chi connectivity index (χ0) is 13.9. The molecule has 1 aromatic heterocycles. The van der Waals surface area contributed by atoms with Crippen molar-refractivity contribution in [3.63, 3.8) is 0 Å². The Balaban J connectivity index is 2.16. The minimum Gasteiger partial charge on any atom is -0.506 e. The number of nitrogens with two attached hydrogens (primary N) is 1. The third kappa shape index (κ3) is 3.21. The van der Waals surface area contributed by atoms with Crippen LogP contribution in [-0.4, -0.2) is 18.5 Å². The van der Waals surface area contributed by atoms with E-state index in [0.717, 1.165) is 5.56 Å². The molecule has 1 aromatic carbocycles. The minimum absolute atomic E-state index is 0.0110. The first-order valence-electron chi connectivity index (χ1n) is 5.46. The van der Waals surface area contributed by atoms with Gasteiger partial charge in [0.25, 0.3) is 0 Å². The molecule has 0 bridgehead atoms. The number of nitrogens with zero attached hydrogens (tertiary/aromatic N) is 1. The van der Waals surface area contributed by atoms with E-state index < -0.39 is 10.0 Å². The number of aromatic nitrogens is 1. The summed E-state index contributed by atoms with van der Waals surface area (Å²) in [5.74, 6) is -0.145. The van der Waals surface area contributed by atoms with Crippen LogP contribution in [-0.2, 0) is 16.6 Å². The molecule has 0 fully saturated rings. The minimum atomic E-state index is -3.66. The van der Waals surface area contributed by atoms with Crippen molar-refractivity contribution >= 4 is 15.7 Å². The maximum absolute atomic E-state index is 12.0. The molecule has 0 aliphatic heterocycles. The number of phenolic OH excluding ortho intramolecular Hbond substituents is 1. The highest BCUT2D eigenvalue weighted by atomic mass is 32.2. The summed E-state index contributed by atoms with van der Waals surface area (Å²) in [6, 6.07) is 7.18. The number of anilines is 1. The smallest absolute Gasteiger partial charge is 0.240 e. The Morgan fingerprint density at radius 3 is 2.53 bits per heavy atom. The van der Waals surface area contributed by atoms with E-state index in [-0.39, 0.29) is 22.9 Å². The summed E-state index contributed by atoms with van der Waals surface area (Å²) in [5, 5.41) is 9.27. The van der Waals surface area contributed by atoms with Gasteiger partial charge in [-0.25, -0.2) is 13.1 Å². The number of hydrogen-bond acceptors (Lipinski definition) is 5. The number of phenols is 1. The van der Waals surface area contributed by atoms with Crippen molar-refractivity contribution in [1.29, 1.82) is 0 Å². The van der Waals surface area contributed by atoms with E-state index in [0.29, 0.717) is 0 Å². The van der Waals surface area contributed by atoms with Gasteiger partial charge in [-0.3, -0.25) is 4.98 Å². The summed E-state index contributed by atoms with van der Waals surface area (Å²) in [5.41, 5.74) is 6.29. The van der Waals surface area contributed by atoms with Gasteiger partial charge in [0.05, 0.1) is 10.6 Å². The first-order chi connectivity index (χ1) is 8.99. The average Bonchev–Trinajstić information content (AvgIpc) is 2.41. The Morgan fingerprint density at radius 1 is 1.21 bits per heavy atom. The number of sulfonamides is 1. The average molecular weight is 279 g/mol. The number of rotatable bonds is 4. The fraction of sp³-hybridized carbons (Fsp3) is 0.0833. The molecule has 0 saturated carbocycles. The van der Waals surface area contributed by atoms with Crippen LogP contribution in [0, 0.1) is 0 Å². The van der Waals surface area contributed by atoms with Gasteiger partial charge < -0.3 is 10.8 Å². The van der Waals surface area contributed by atoms with E-state index in [4.69, 9.17) is 5.73 Å². The molecule has 19 heavy (non-hydrogen) atoms. The molecule has 0 unspecified atom stereocenters. The van der Waals surface area contributed by atoms with Crippen molar-refractivity contribution in [3.05, 3.63) is 48.3 Å². The molecule has 0 spiro atoms. The van der Waals surface area contributed by atoms with Crippen LogP contribution in [0.2, 0.25) is 0 Å². The number of pyridine rings is 1. The topological polar surface area (TPSA) is 105 Å². The van der Waals surface area contributed by atoms with Gasteiger partial charge in [-0.05, 0) is 35.9 Å². The standard InChI is InChI=1S/C12H13N3O3S/c13-11-7-10(1-2-12(11)16)19(17,18)15-8-9-3-5-14-6-4-9/h1-7,15-16H,8,13H2. The number of hydrogen-bond donors (Lipinski definition) is 3. The summed E-state index contributed by atoms with van der Waals surface area (Å²) in [6.07, 6.45) is 3.17. The molecule has 0 atom stereocenters. The van der Waals surface area contributed by atoms with Gasteiger partial charge in [-0.1, -0.05) is 0 Å². The van der Waals surface area contributed by atoms with Gasteiger partial charge in [-0.15, -0.1) is 0 Å². The number of nitrogen functional groups attached to an aromatic ring is 1. The van der Waals surface area contributed by atoms with Crippen molar-refractivity contribution in [2.24, 2.45) is 0 Å². The summed E-state index contributed by atoms with van der Waals surface area (Å²) in [4.78, 5) is 3.86. The lowest BCUT2D eigenvalue weighted by molar-refractivity contribution is 0.477. The van der Waals surface area contributed by atoms with E-state index in [1.54, 1.807) is 24.5 Å². The molecule has 2 aromatic rings. The van der Waals surface area contributed by atoms with Crippen molar-refractivity contribution in [3.8, 4) is 5.75 Å². The Morgan fingerprint density at radius 2 is 1.89 bits per heavy atom. The predicted molar refractivity (Wildman–Crippen MR) is 70.8 cm³/mol. The van der Waals surface area contributed by atoms with Gasteiger partial charge in [0.15, 0.2) is 0 Å². The van der Waals surface area contributed by atoms with E-state index >= 15 is 0 Å². The molecule has 4 N–H and O–H groups in total. The van der Waals surface area contributed by atoms with Crippen LogP contribution in [0.15, 0.2) is 47.6 Å². The fourth-order valence-corrected chi connectivity index (χ4v) is 2.51. The van der Waals surface area contributed by atoms with Crippen molar-refractivity contribution in [2.45, 2.75) is 11.4 Å². The van der Waals surface area contributed by atoms with E-state index in [9.17, 15) is 13.5 Å². The Kier molecular flexibility index (Phi) is 3.68. The third-order valence-electron chi connectivity index (χ3n) is 2.52. The van der Waals surface area contributed by atoms with Crippen molar-refractivity contribution in [2.75, 3.05) is 5.73 Å². The highest BCUT2D eigenvalue weighted by Crippen LogP contribution is 2.23. The quantitative estimate of drug-likeness (QED) is 0.568. The first kappa shape index (κ1) is 13.3. The molecule has 1 heterocycles. The largest absolute Gasteiger partial charge is 0.506 e. The maximum Gasteiger partial charge on any atom is 0.240 e. The summed E-state index contributed by atoms with van der Waals surface area (Å²) in [6.45, 7) is 0.158. The monoisotopic (exact) mass is 279 g/mol. The van der Waals surface area contributed by atoms with Gasteiger partial charge in [0.2, 0.25) is 10.0 Å². The van der Waals surface area contributed by atoms with Crippen LogP contribution in [0.25, 0.3) is 0 Å². The number of benzene rings is 1. The van der Waals surface area contributed by atoms with E-state index in [1.165, 1.54) is 18.2 Å². The summed E-state index contributed by atoms with van der Waals surface area (Å²) >= 11 is 0. The van der Waals surface area contributed by atoms with Crippen LogP contribution in [0.1, 0.15) is 5.56 Å². The second kappa shape index (κ2) is 5.25. The van der Waals surface area contributed by atoms with Crippen LogP contribution in [0.5, 0.6) is 5.75 Å². The van der Waals surface area contributed by atoms with Gasteiger partial charge in [0, 0.05) is 18.9 Å². The predicted octanol–water partition coefficient (Wildman–Crippen LogP) is 0.848. The lowest BCUT2D eigenvalue weighted by atomic mass is 10.3. The Bertz CT molecular complexity index is 672. The third-order valence-corrected chi connectivity index (χ3v) is 3.92. The van der Waals surface area contributed by atoms with Gasteiger partial charge in [-0.2, -0.15) is 0 Å². The first-order valence-corrected chi connectivity index (χ1v) is 6.94. The molecule has 2 rings (SSSR count). The van der Waals surface area contributed by atoms with Crippen molar-refractivity contribution < 1.29 is 13.5 Å². The molecular formula is C12H13N3O3S. The molecule has 0 radical (unpaired) electrons. The zero-order valence-corrected chi connectivity index (χ0v) is 10.8. The molecule has 0 aliphatic rings. The SMILES string of the molecule is Nc1cc(S(=O)(=O)NCc2ccncc2)ccc1O. The summed E-state index contributed by atoms with van der Waals surface area (Å²) < 4.78 is 26.5. The molecule has 0 amide bonds. The van der Waals surface area contributed by atoms with Gasteiger partial charge >= 0.3 is 0 Å². The molecule has 0 saturated heterocycles. The fourth-order valence-electron chi connectivity index (χ4n) is 1.46. The molecular weight excluding hydrogens is 266 g/mol. The molecule has 100 valence electrons. The molecule has 6 nitrogen and oxygen atoms in total. The van der Waals surface area contributed by atoms with Crippen LogP contribution in [0.3, 0.4) is 0 Å². The summed E-state index contributed by atoms with van der Waals surface area (Å²) in [7, 11) is -3.66. The second-order valence-corrected chi connectivity index (χ2v) is 5.67. The Labute approximate surface area is 111 Å². The highest BCUT2D eigenvalue weighted by Gasteiger charge is 2.14. The normalized spacial score (nSPS) is 11.4. The molecule has 7 heteroatoms. The van der Waals surface area contributed by atoms with Crippen LogP contribution >= 0.6 is 0 Å². The molecule has 0 aliphatic carbocycles. The lowest BCUT2D eigenvalue weighted by Crippen LogP contribution is -2.23. The Hall–Kier alpha value is -2.12. The van der Waals surface area contributed by atoms with E-state index in [1.807, 2.05) is 0 Å². The van der Waals surface area contributed by atoms with Crippen LogP contribution in [0.4, 0.5) is 5.69 Å². The number of aromatic hydroxyl groups is 1. The lowest BCUT2D eigenvalue weighted by Gasteiger charge is -2.08. The number of nitrogens with one attached hydrogen (secondary N) is 1. The van der Waals surface area contributed by atoms with Crippen molar-refractivity contribution in [1.82, 2.24) is 9.71 Å². The van der Waals surface area contributed by atoms with E-state index in [2.05, 4.69) is 9.71 Å². The van der Waals surface area contributed by atoms with Gasteiger partial charge in [0.1, 0.15) is 5.75 Å². The zero-order valence-electron chi connectivity index (χ0n) is 9.95. The maximum atomic E-state index is 12.0. The highest BCUT2D eigenvalue weighted by molar-refractivity contribution is 7.89. The van der Waals surface area contributed by atoms with Crippen LogP contribution < -0.4 is 10.5 Å².